The highest BCUT2D eigenvalue weighted by atomic mass is 16.3. The quantitative estimate of drug-likeness (QED) is 0.701. The standard InChI is InChI=1S/C17H21N.C6H6O/c1-17(2,12-14-8-4-3-5-9-14)16-11-7-6-10-15(16)13-18;7-6-4-2-1-3-5-6/h3-11H,12-13,18H2,1-2H3;1-5,7H. The number of phenolic OH excluding ortho intramolecular Hbond substituents is 1. The highest BCUT2D eigenvalue weighted by Gasteiger charge is 2.23. The van der Waals surface area contributed by atoms with Gasteiger partial charge in [-0.05, 0) is 40.7 Å². The maximum Gasteiger partial charge on any atom is 0.115 e. The topological polar surface area (TPSA) is 46.2 Å². The Morgan fingerprint density at radius 3 is 1.80 bits per heavy atom. The number of hydrogen-bond donors (Lipinski definition) is 2. The van der Waals surface area contributed by atoms with Crippen molar-refractivity contribution in [2.75, 3.05) is 0 Å². The van der Waals surface area contributed by atoms with Gasteiger partial charge in [0.15, 0.2) is 0 Å². The van der Waals surface area contributed by atoms with Gasteiger partial charge in [-0.2, -0.15) is 0 Å². The molecule has 0 saturated carbocycles. The summed E-state index contributed by atoms with van der Waals surface area (Å²) in [6.07, 6.45) is 1.03. The van der Waals surface area contributed by atoms with Gasteiger partial charge in [0.25, 0.3) is 0 Å². The maximum absolute atomic E-state index is 8.63. The zero-order chi connectivity index (χ0) is 18.1. The predicted molar refractivity (Wildman–Crippen MR) is 106 cm³/mol. The first-order valence-electron chi connectivity index (χ1n) is 8.59. The molecular formula is C23H27NO. The Morgan fingerprint density at radius 1 is 0.760 bits per heavy atom. The van der Waals surface area contributed by atoms with Gasteiger partial charge >= 0.3 is 0 Å². The van der Waals surface area contributed by atoms with E-state index >= 15 is 0 Å². The molecule has 0 aliphatic carbocycles. The Kier molecular flexibility index (Phi) is 6.79. The Morgan fingerprint density at radius 2 is 1.28 bits per heavy atom. The van der Waals surface area contributed by atoms with Gasteiger partial charge in [-0.3, -0.25) is 0 Å². The van der Waals surface area contributed by atoms with Crippen LogP contribution in [-0.4, -0.2) is 5.11 Å². The summed E-state index contributed by atoms with van der Waals surface area (Å²) in [5.74, 6) is 0.322. The van der Waals surface area contributed by atoms with Crippen molar-refractivity contribution in [2.45, 2.75) is 32.2 Å². The molecule has 2 heteroatoms. The SMILES string of the molecule is CC(C)(Cc1ccccc1)c1ccccc1CN.Oc1ccccc1. The third kappa shape index (κ3) is 5.77. The largest absolute Gasteiger partial charge is 0.508 e. The van der Waals surface area contributed by atoms with Crippen LogP contribution >= 0.6 is 0 Å². The van der Waals surface area contributed by atoms with Crippen molar-refractivity contribution >= 4 is 0 Å². The maximum atomic E-state index is 8.63. The van der Waals surface area contributed by atoms with Crippen molar-refractivity contribution in [3.8, 4) is 5.75 Å². The molecule has 0 amide bonds. The minimum atomic E-state index is 0.108. The molecule has 0 aromatic heterocycles. The lowest BCUT2D eigenvalue weighted by molar-refractivity contribution is 0.475. The van der Waals surface area contributed by atoms with E-state index in [1.54, 1.807) is 24.3 Å². The average Bonchev–Trinajstić information content (AvgIpc) is 2.63. The fourth-order valence-corrected chi connectivity index (χ4v) is 2.99. The van der Waals surface area contributed by atoms with Crippen molar-refractivity contribution < 1.29 is 5.11 Å². The minimum Gasteiger partial charge on any atom is -0.508 e. The van der Waals surface area contributed by atoms with Crippen LogP contribution in [0.25, 0.3) is 0 Å². The molecule has 0 bridgehead atoms. The minimum absolute atomic E-state index is 0.108. The second kappa shape index (κ2) is 9.05. The van der Waals surface area contributed by atoms with Gasteiger partial charge in [-0.25, -0.2) is 0 Å². The normalized spacial score (nSPS) is 10.7. The molecule has 0 saturated heterocycles. The molecule has 0 aliphatic heterocycles. The highest BCUT2D eigenvalue weighted by molar-refractivity contribution is 5.35. The molecule has 0 radical (unpaired) electrons. The second-order valence-electron chi connectivity index (χ2n) is 6.74. The van der Waals surface area contributed by atoms with Crippen LogP contribution in [-0.2, 0) is 18.4 Å². The molecule has 3 aromatic carbocycles. The Hall–Kier alpha value is -2.58. The number of rotatable bonds is 4. The molecule has 0 spiro atoms. The van der Waals surface area contributed by atoms with E-state index in [0.29, 0.717) is 12.3 Å². The summed E-state index contributed by atoms with van der Waals surface area (Å²) in [4.78, 5) is 0. The molecule has 0 heterocycles. The van der Waals surface area contributed by atoms with E-state index in [-0.39, 0.29) is 5.41 Å². The van der Waals surface area contributed by atoms with Gasteiger partial charge < -0.3 is 10.8 Å². The second-order valence-corrected chi connectivity index (χ2v) is 6.74. The Balaban J connectivity index is 0.000000269. The molecule has 130 valence electrons. The summed E-state index contributed by atoms with van der Waals surface area (Å²) in [6.45, 7) is 5.18. The summed E-state index contributed by atoms with van der Waals surface area (Å²) in [7, 11) is 0. The van der Waals surface area contributed by atoms with Crippen LogP contribution in [0, 0.1) is 0 Å². The van der Waals surface area contributed by atoms with Crippen LogP contribution in [0.2, 0.25) is 0 Å². The van der Waals surface area contributed by atoms with E-state index < -0.39 is 0 Å². The summed E-state index contributed by atoms with van der Waals surface area (Å²) in [5, 5.41) is 8.63. The number of hydrogen-bond acceptors (Lipinski definition) is 2. The summed E-state index contributed by atoms with van der Waals surface area (Å²) < 4.78 is 0. The van der Waals surface area contributed by atoms with Gasteiger partial charge in [0.05, 0.1) is 0 Å². The smallest absolute Gasteiger partial charge is 0.115 e. The van der Waals surface area contributed by atoms with Crippen LogP contribution in [0.1, 0.15) is 30.5 Å². The molecule has 3 rings (SSSR count). The number of para-hydroxylation sites is 1. The van der Waals surface area contributed by atoms with Crippen molar-refractivity contribution in [1.82, 2.24) is 0 Å². The van der Waals surface area contributed by atoms with Crippen molar-refractivity contribution in [3.05, 3.63) is 102 Å². The first-order chi connectivity index (χ1) is 12.0. The number of aromatic hydroxyl groups is 1. The van der Waals surface area contributed by atoms with Crippen molar-refractivity contribution in [2.24, 2.45) is 5.73 Å². The zero-order valence-corrected chi connectivity index (χ0v) is 15.0. The van der Waals surface area contributed by atoms with Gasteiger partial charge in [-0.15, -0.1) is 0 Å². The van der Waals surface area contributed by atoms with E-state index in [0.717, 1.165) is 6.42 Å². The fourth-order valence-electron chi connectivity index (χ4n) is 2.99. The Bertz CT molecular complexity index is 751. The monoisotopic (exact) mass is 333 g/mol. The number of phenols is 1. The molecule has 2 nitrogen and oxygen atoms in total. The molecule has 0 fully saturated rings. The number of nitrogens with two attached hydrogens (primary N) is 1. The van der Waals surface area contributed by atoms with Crippen LogP contribution in [0.5, 0.6) is 5.75 Å². The third-order valence-electron chi connectivity index (χ3n) is 4.21. The van der Waals surface area contributed by atoms with E-state index in [4.69, 9.17) is 10.8 Å². The number of benzene rings is 3. The molecule has 3 N–H and O–H groups in total. The molecule has 0 unspecified atom stereocenters. The molecule has 0 aliphatic rings. The molecule has 0 atom stereocenters. The lowest BCUT2D eigenvalue weighted by atomic mass is 9.77. The molecular weight excluding hydrogens is 306 g/mol. The van der Waals surface area contributed by atoms with E-state index in [1.165, 1.54) is 16.7 Å². The van der Waals surface area contributed by atoms with E-state index in [1.807, 2.05) is 6.07 Å². The van der Waals surface area contributed by atoms with Crippen LogP contribution in [0.3, 0.4) is 0 Å². The van der Waals surface area contributed by atoms with E-state index in [2.05, 4.69) is 68.4 Å². The molecule has 25 heavy (non-hydrogen) atoms. The molecule has 3 aromatic rings. The average molecular weight is 333 g/mol. The fraction of sp³-hybridized carbons (Fsp3) is 0.217. The first kappa shape index (κ1) is 18.8. The van der Waals surface area contributed by atoms with Crippen LogP contribution in [0.15, 0.2) is 84.9 Å². The van der Waals surface area contributed by atoms with Crippen LogP contribution < -0.4 is 5.73 Å². The van der Waals surface area contributed by atoms with Gasteiger partial charge in [0, 0.05) is 6.54 Å². The predicted octanol–water partition coefficient (Wildman–Crippen LogP) is 5.06. The van der Waals surface area contributed by atoms with Gasteiger partial charge in [0.2, 0.25) is 0 Å². The zero-order valence-electron chi connectivity index (χ0n) is 15.0. The Labute approximate surface area is 151 Å². The first-order valence-corrected chi connectivity index (χ1v) is 8.59. The van der Waals surface area contributed by atoms with Crippen LogP contribution in [0.4, 0.5) is 0 Å². The lowest BCUT2D eigenvalue weighted by Crippen LogP contribution is -2.23. The summed E-state index contributed by atoms with van der Waals surface area (Å²) >= 11 is 0. The van der Waals surface area contributed by atoms with Crippen molar-refractivity contribution in [1.29, 1.82) is 0 Å². The van der Waals surface area contributed by atoms with Gasteiger partial charge in [0.1, 0.15) is 5.75 Å². The van der Waals surface area contributed by atoms with Crippen molar-refractivity contribution in [3.63, 3.8) is 0 Å². The summed E-state index contributed by atoms with van der Waals surface area (Å²) in [6, 6.07) is 27.8. The van der Waals surface area contributed by atoms with Gasteiger partial charge in [-0.1, -0.05) is 86.6 Å². The highest BCUT2D eigenvalue weighted by Crippen LogP contribution is 2.30. The third-order valence-corrected chi connectivity index (χ3v) is 4.21. The summed E-state index contributed by atoms with van der Waals surface area (Å²) in [5.41, 5.74) is 9.93. The lowest BCUT2D eigenvalue weighted by Gasteiger charge is -2.28. The van der Waals surface area contributed by atoms with E-state index in [9.17, 15) is 0 Å².